The van der Waals surface area contributed by atoms with Crippen LogP contribution in [0.25, 0.3) is 0 Å². The van der Waals surface area contributed by atoms with Crippen LogP contribution in [0.2, 0.25) is 0 Å². The maximum atomic E-state index is 6.13. The number of hydrogen-bond donors (Lipinski definition) is 0. The molecular formula is C31H28I5O6+. The molecule has 0 spiro atoms. The Morgan fingerprint density at radius 1 is 0.595 bits per heavy atom. The molecule has 0 bridgehead atoms. The first-order valence-electron chi connectivity index (χ1n) is 12.7. The molecule has 0 radical (unpaired) electrons. The van der Waals surface area contributed by atoms with E-state index in [1.54, 1.807) is 7.11 Å². The zero-order valence-electron chi connectivity index (χ0n) is 22.8. The Morgan fingerprint density at radius 2 is 1.05 bits per heavy atom. The number of benzene rings is 4. The highest BCUT2D eigenvalue weighted by atomic mass is 127. The topological polar surface area (TPSA) is 55.4 Å². The van der Waals surface area contributed by atoms with Gasteiger partial charge < -0.3 is 28.4 Å². The Hall–Kier alpha value is -0.350. The lowest BCUT2D eigenvalue weighted by atomic mass is 10.2. The SMILES string of the molecule is CCOCOc1c(I)cc(I)cc1COc1ccc([I+]c2ccc(OCc3cc(I)cc(I)c3OCOC)cc2)cc1. The fourth-order valence-electron chi connectivity index (χ4n) is 3.70. The summed E-state index contributed by atoms with van der Waals surface area (Å²) in [5.74, 6) is 3.27. The molecule has 0 unspecified atom stereocenters. The van der Waals surface area contributed by atoms with Crippen LogP contribution in [-0.4, -0.2) is 27.3 Å². The third-order valence-electron chi connectivity index (χ3n) is 5.62. The van der Waals surface area contributed by atoms with Crippen LogP contribution in [0.5, 0.6) is 23.0 Å². The maximum Gasteiger partial charge on any atom is 0.357 e. The lowest BCUT2D eigenvalue weighted by Gasteiger charge is -2.15. The van der Waals surface area contributed by atoms with Crippen molar-refractivity contribution in [3.8, 4) is 23.0 Å². The minimum Gasteiger partial charge on any atom is -0.489 e. The molecule has 0 aliphatic heterocycles. The van der Waals surface area contributed by atoms with Crippen molar-refractivity contribution >= 4 is 90.4 Å². The van der Waals surface area contributed by atoms with E-state index in [0.717, 1.165) is 48.4 Å². The molecule has 0 aromatic heterocycles. The normalized spacial score (nSPS) is 10.9. The van der Waals surface area contributed by atoms with E-state index < -0.39 is 0 Å². The van der Waals surface area contributed by atoms with Crippen molar-refractivity contribution in [2.45, 2.75) is 20.1 Å². The zero-order chi connectivity index (χ0) is 29.9. The van der Waals surface area contributed by atoms with Gasteiger partial charge in [0.25, 0.3) is 0 Å². The summed E-state index contributed by atoms with van der Waals surface area (Å²) in [6, 6.07) is 25.1. The first-order valence-corrected chi connectivity index (χ1v) is 19.2. The van der Waals surface area contributed by atoms with Gasteiger partial charge in [0.15, 0.2) is 20.7 Å². The van der Waals surface area contributed by atoms with E-state index in [9.17, 15) is 0 Å². The Bertz CT molecular complexity index is 1450. The Balaban J connectivity index is 1.32. The quantitative estimate of drug-likeness (QED) is 0.0861. The molecule has 0 amide bonds. The summed E-state index contributed by atoms with van der Waals surface area (Å²) >= 11 is 8.87. The molecular weight excluding hydrogens is 1100 g/mol. The van der Waals surface area contributed by atoms with Gasteiger partial charge in [0.2, 0.25) is 0 Å². The van der Waals surface area contributed by atoms with Crippen molar-refractivity contribution in [2.24, 2.45) is 0 Å². The summed E-state index contributed by atoms with van der Waals surface area (Å²) in [6.07, 6.45) is 0. The van der Waals surface area contributed by atoms with Crippen molar-refractivity contribution in [3.05, 3.63) is 105 Å². The van der Waals surface area contributed by atoms with Gasteiger partial charge in [0, 0.05) is 32.0 Å². The highest BCUT2D eigenvalue weighted by Gasteiger charge is 2.17. The molecule has 0 heterocycles. The van der Waals surface area contributed by atoms with Crippen LogP contribution in [0.4, 0.5) is 0 Å². The Kier molecular flexibility index (Phi) is 14.8. The molecule has 0 saturated heterocycles. The molecule has 42 heavy (non-hydrogen) atoms. The fourth-order valence-corrected chi connectivity index (χ4v) is 10.1. The molecule has 11 heteroatoms. The maximum absolute atomic E-state index is 6.13. The fraction of sp³-hybridized carbons (Fsp3) is 0.226. The van der Waals surface area contributed by atoms with Crippen molar-refractivity contribution in [1.82, 2.24) is 0 Å². The highest BCUT2D eigenvalue weighted by Crippen LogP contribution is 2.31. The second kappa shape index (κ2) is 18.0. The van der Waals surface area contributed by atoms with Gasteiger partial charge in [-0.15, -0.1) is 0 Å². The molecule has 0 saturated carbocycles. The molecule has 222 valence electrons. The zero-order valence-corrected chi connectivity index (χ0v) is 33.6. The van der Waals surface area contributed by atoms with Gasteiger partial charge in [0.1, 0.15) is 36.2 Å². The average molecular weight is 1130 g/mol. The van der Waals surface area contributed by atoms with Gasteiger partial charge in [-0.25, -0.2) is 0 Å². The lowest BCUT2D eigenvalue weighted by molar-refractivity contribution is -0.597. The van der Waals surface area contributed by atoms with Gasteiger partial charge in [-0.2, -0.15) is 0 Å². The standard InChI is InChI=1S/C31H28I5O6/c1-3-38-19-42-31-21(13-23(33)15-29(31)35)17-40-27-10-6-25(7-11-27)36-24-4-8-26(9-5-24)39-16-20-12-22(32)14-28(34)30(20)41-18-37-2/h4-15H,3,16-19H2,1-2H3/q+1. The summed E-state index contributed by atoms with van der Waals surface area (Å²) < 4.78 is 41.4. The van der Waals surface area contributed by atoms with E-state index in [0.29, 0.717) is 19.8 Å². The number of ether oxygens (including phenoxy) is 6. The molecule has 4 rings (SSSR count). The second-order valence-corrected chi connectivity index (χ2v) is 16.5. The third kappa shape index (κ3) is 10.6. The van der Waals surface area contributed by atoms with E-state index in [4.69, 9.17) is 28.4 Å². The van der Waals surface area contributed by atoms with Crippen LogP contribution in [-0.2, 0) is 22.7 Å². The molecule has 4 aromatic rings. The van der Waals surface area contributed by atoms with Gasteiger partial charge in [-0.05, 0) is 170 Å². The van der Waals surface area contributed by atoms with Crippen LogP contribution in [0.1, 0.15) is 18.1 Å². The smallest absolute Gasteiger partial charge is 0.357 e. The average Bonchev–Trinajstić information content (AvgIpc) is 2.97. The number of rotatable bonds is 15. The molecule has 4 aromatic carbocycles. The van der Waals surface area contributed by atoms with E-state index in [1.807, 2.05) is 31.2 Å². The minimum absolute atomic E-state index is 0.200. The highest BCUT2D eigenvalue weighted by molar-refractivity contribution is 14.1. The molecule has 0 aliphatic carbocycles. The van der Waals surface area contributed by atoms with Crippen LogP contribution < -0.4 is 40.2 Å². The third-order valence-corrected chi connectivity index (χ3v) is 11.1. The first-order chi connectivity index (χ1) is 20.4. The summed E-state index contributed by atoms with van der Waals surface area (Å²) in [5.41, 5.74) is 1.99. The van der Waals surface area contributed by atoms with E-state index in [-0.39, 0.29) is 34.8 Å². The van der Waals surface area contributed by atoms with Gasteiger partial charge >= 0.3 is 21.2 Å². The minimum atomic E-state index is -0.333. The van der Waals surface area contributed by atoms with Crippen LogP contribution in [0.15, 0.2) is 72.8 Å². The van der Waals surface area contributed by atoms with Crippen LogP contribution in [0.3, 0.4) is 0 Å². The van der Waals surface area contributed by atoms with Crippen molar-refractivity contribution in [2.75, 3.05) is 27.3 Å². The molecule has 6 nitrogen and oxygen atoms in total. The number of methoxy groups -OCH3 is 1. The molecule has 0 aliphatic rings. The number of hydrogen-bond acceptors (Lipinski definition) is 6. The summed E-state index contributed by atoms with van der Waals surface area (Å²) in [5, 5.41) is 0. The molecule has 0 N–H and O–H groups in total. The predicted octanol–water partition coefficient (Wildman–Crippen LogP) is 5.75. The van der Waals surface area contributed by atoms with Crippen molar-refractivity contribution < 1.29 is 49.6 Å². The van der Waals surface area contributed by atoms with Crippen LogP contribution >= 0.6 is 90.4 Å². The summed E-state index contributed by atoms with van der Waals surface area (Å²) in [4.78, 5) is 0. The monoisotopic (exact) mass is 1130 g/mol. The molecule has 0 fully saturated rings. The van der Waals surface area contributed by atoms with E-state index in [1.165, 1.54) is 7.14 Å². The summed E-state index contributed by atoms with van der Waals surface area (Å²) in [7, 11) is 1.62. The lowest BCUT2D eigenvalue weighted by Crippen LogP contribution is -3.61. The van der Waals surface area contributed by atoms with Gasteiger partial charge in [-0.3, -0.25) is 0 Å². The Morgan fingerprint density at radius 3 is 1.48 bits per heavy atom. The van der Waals surface area contributed by atoms with Crippen molar-refractivity contribution in [1.29, 1.82) is 0 Å². The van der Waals surface area contributed by atoms with Gasteiger partial charge in [0.05, 0.1) is 7.14 Å². The van der Waals surface area contributed by atoms with Gasteiger partial charge in [-0.1, -0.05) is 0 Å². The van der Waals surface area contributed by atoms with Crippen molar-refractivity contribution in [3.63, 3.8) is 0 Å². The number of halogens is 5. The van der Waals surface area contributed by atoms with Crippen LogP contribution in [0, 0.1) is 21.4 Å². The Labute approximate surface area is 311 Å². The van der Waals surface area contributed by atoms with E-state index >= 15 is 0 Å². The summed E-state index contributed by atoms with van der Waals surface area (Å²) in [6.45, 7) is 3.83. The second-order valence-electron chi connectivity index (χ2n) is 8.64. The first kappa shape index (κ1) is 34.5. The largest absolute Gasteiger partial charge is 0.489 e. The predicted molar refractivity (Wildman–Crippen MR) is 192 cm³/mol. The molecule has 0 atom stereocenters. The van der Waals surface area contributed by atoms with E-state index in [2.05, 4.69) is 139 Å².